The summed E-state index contributed by atoms with van der Waals surface area (Å²) < 4.78 is 51.3. The number of aromatic nitrogens is 3. The number of hydrogen-bond acceptors (Lipinski definition) is 8. The lowest BCUT2D eigenvalue weighted by Crippen LogP contribution is -2.17. The molecule has 4 rings (SSSR count). The smallest absolute Gasteiger partial charge is 0.438 e. The minimum atomic E-state index is -4.74. The van der Waals surface area contributed by atoms with E-state index in [9.17, 15) is 13.2 Å². The quantitative estimate of drug-likeness (QED) is 0.665. The van der Waals surface area contributed by atoms with Gasteiger partial charge in [0.15, 0.2) is 6.10 Å². The third kappa shape index (κ3) is 4.19. The van der Waals surface area contributed by atoms with E-state index in [1.807, 2.05) is 0 Å². The van der Waals surface area contributed by atoms with Crippen molar-refractivity contribution in [2.45, 2.75) is 18.9 Å². The van der Waals surface area contributed by atoms with Crippen molar-refractivity contribution in [1.29, 1.82) is 0 Å². The summed E-state index contributed by atoms with van der Waals surface area (Å²) in [6.07, 6.45) is -0.696. The lowest BCUT2D eigenvalue weighted by molar-refractivity contribution is -0.274. The first-order valence-corrected chi connectivity index (χ1v) is 7.94. The normalized spacial score (nSPS) is 16.4. The first-order chi connectivity index (χ1) is 13.5. The van der Waals surface area contributed by atoms with E-state index in [1.165, 1.54) is 36.9 Å². The summed E-state index contributed by atoms with van der Waals surface area (Å²) in [7, 11) is 0. The zero-order valence-electron chi connectivity index (χ0n) is 14.0. The number of benzene rings is 1. The molecule has 0 bridgehead atoms. The molecule has 3 heterocycles. The average molecular weight is 392 g/mol. The van der Waals surface area contributed by atoms with Crippen LogP contribution < -0.4 is 9.47 Å². The highest BCUT2D eigenvalue weighted by Gasteiger charge is 2.31. The topological polar surface area (TPSA) is 91.9 Å². The van der Waals surface area contributed by atoms with Gasteiger partial charge in [-0.1, -0.05) is 17.3 Å². The lowest BCUT2D eigenvalue weighted by atomic mass is 10.1. The molecule has 0 fully saturated rings. The fourth-order valence-corrected chi connectivity index (χ4v) is 2.51. The Morgan fingerprint density at radius 2 is 1.89 bits per heavy atom. The fraction of sp³-hybridized carbons (Fsp3) is 0.176. The van der Waals surface area contributed by atoms with Crippen molar-refractivity contribution in [3.05, 3.63) is 54.7 Å². The van der Waals surface area contributed by atoms with Gasteiger partial charge in [-0.15, -0.1) is 23.4 Å². The molecule has 0 radical (unpaired) electrons. The predicted molar refractivity (Wildman–Crippen MR) is 87.2 cm³/mol. The largest absolute Gasteiger partial charge is 0.573 e. The first kappa shape index (κ1) is 17.8. The molecule has 1 atom stereocenters. The monoisotopic (exact) mass is 392 g/mol. The number of ether oxygens (including phenoxy) is 2. The SMILES string of the molecule is FC(F)(F)Oc1ccc([C@@H]2CC(Oc3cncc(-c4nnco4)c3)=NO2)cc1. The highest BCUT2D eigenvalue weighted by atomic mass is 19.4. The van der Waals surface area contributed by atoms with E-state index < -0.39 is 12.5 Å². The average Bonchev–Trinajstić information content (AvgIpc) is 3.33. The lowest BCUT2D eigenvalue weighted by Gasteiger charge is -2.11. The van der Waals surface area contributed by atoms with E-state index in [1.54, 1.807) is 12.3 Å². The summed E-state index contributed by atoms with van der Waals surface area (Å²) in [4.78, 5) is 9.35. The van der Waals surface area contributed by atoms with Crippen molar-refractivity contribution in [2.24, 2.45) is 5.16 Å². The minimum absolute atomic E-state index is 0.293. The number of pyridine rings is 1. The molecule has 8 nitrogen and oxygen atoms in total. The number of rotatable bonds is 4. The van der Waals surface area contributed by atoms with Crippen LogP contribution in [0.5, 0.6) is 11.5 Å². The molecule has 0 N–H and O–H groups in total. The summed E-state index contributed by atoms with van der Waals surface area (Å²) in [5.41, 5.74) is 1.21. The molecule has 0 aliphatic carbocycles. The molecule has 0 saturated carbocycles. The van der Waals surface area contributed by atoms with Crippen LogP contribution in [0.4, 0.5) is 13.2 Å². The van der Waals surface area contributed by atoms with E-state index in [-0.39, 0.29) is 5.75 Å². The Morgan fingerprint density at radius 1 is 1.07 bits per heavy atom. The van der Waals surface area contributed by atoms with Gasteiger partial charge in [0.1, 0.15) is 11.5 Å². The standard InChI is InChI=1S/C17H11F3N4O4/c18-17(19,20)27-12-3-1-10(2-4-12)14-6-15(24-28-14)26-13-5-11(7-21-8-13)16-23-22-9-25-16/h1-5,7-9,14H,6H2/t14-/m0/s1. The van der Waals surface area contributed by atoms with Gasteiger partial charge < -0.3 is 18.7 Å². The summed E-state index contributed by atoms with van der Waals surface area (Å²) in [6, 6.07) is 7.02. The van der Waals surface area contributed by atoms with Crippen LogP contribution >= 0.6 is 0 Å². The van der Waals surface area contributed by atoms with E-state index in [4.69, 9.17) is 14.0 Å². The Labute approximate surface area is 155 Å². The second-order valence-electron chi connectivity index (χ2n) is 5.66. The Balaban J connectivity index is 1.39. The van der Waals surface area contributed by atoms with E-state index in [0.717, 1.165) is 0 Å². The second-order valence-corrected chi connectivity index (χ2v) is 5.66. The van der Waals surface area contributed by atoms with Crippen LogP contribution in [0, 0.1) is 0 Å². The van der Waals surface area contributed by atoms with E-state index in [0.29, 0.717) is 35.1 Å². The highest BCUT2D eigenvalue weighted by Crippen LogP contribution is 2.31. The number of halogens is 3. The van der Waals surface area contributed by atoms with Crippen molar-refractivity contribution in [1.82, 2.24) is 15.2 Å². The molecule has 144 valence electrons. The van der Waals surface area contributed by atoms with Gasteiger partial charge in [0.25, 0.3) is 0 Å². The Morgan fingerprint density at radius 3 is 2.61 bits per heavy atom. The van der Waals surface area contributed by atoms with Crippen LogP contribution in [-0.4, -0.2) is 27.4 Å². The molecular weight excluding hydrogens is 381 g/mol. The van der Waals surface area contributed by atoms with Crippen LogP contribution in [0.2, 0.25) is 0 Å². The Bertz CT molecular complexity index is 975. The van der Waals surface area contributed by atoms with Crippen molar-refractivity contribution < 1.29 is 31.9 Å². The zero-order chi connectivity index (χ0) is 19.6. The van der Waals surface area contributed by atoms with Gasteiger partial charge >= 0.3 is 6.36 Å². The van der Waals surface area contributed by atoms with Crippen LogP contribution in [0.25, 0.3) is 11.5 Å². The molecule has 0 unspecified atom stereocenters. The zero-order valence-corrected chi connectivity index (χ0v) is 14.0. The van der Waals surface area contributed by atoms with Gasteiger partial charge in [0, 0.05) is 6.20 Å². The molecule has 1 aromatic carbocycles. The van der Waals surface area contributed by atoms with Crippen molar-refractivity contribution in [3.63, 3.8) is 0 Å². The fourth-order valence-electron chi connectivity index (χ4n) is 2.51. The molecule has 3 aromatic rings. The number of alkyl halides is 3. The molecule has 1 aliphatic heterocycles. The number of nitrogens with zero attached hydrogens (tertiary/aromatic N) is 4. The number of hydrogen-bond donors (Lipinski definition) is 0. The predicted octanol–water partition coefficient (Wildman–Crippen LogP) is 3.88. The second kappa shape index (κ2) is 7.18. The highest BCUT2D eigenvalue weighted by molar-refractivity contribution is 5.80. The van der Waals surface area contributed by atoms with Crippen LogP contribution in [-0.2, 0) is 4.84 Å². The Kier molecular flexibility index (Phi) is 4.55. The van der Waals surface area contributed by atoms with Crippen molar-refractivity contribution >= 4 is 5.90 Å². The molecule has 0 amide bonds. The van der Waals surface area contributed by atoms with Crippen molar-refractivity contribution in [2.75, 3.05) is 0 Å². The van der Waals surface area contributed by atoms with E-state index >= 15 is 0 Å². The van der Waals surface area contributed by atoms with E-state index in [2.05, 4.69) is 25.1 Å². The van der Waals surface area contributed by atoms with Crippen LogP contribution in [0.15, 0.2) is 58.7 Å². The van der Waals surface area contributed by atoms with Crippen molar-refractivity contribution in [3.8, 4) is 23.0 Å². The maximum absolute atomic E-state index is 12.2. The molecule has 11 heteroatoms. The first-order valence-electron chi connectivity index (χ1n) is 7.94. The molecule has 0 saturated heterocycles. The summed E-state index contributed by atoms with van der Waals surface area (Å²) in [5.74, 6) is 0.676. The molecule has 0 spiro atoms. The third-order valence-electron chi connectivity index (χ3n) is 3.68. The van der Waals surface area contributed by atoms with Gasteiger partial charge in [0.05, 0.1) is 18.2 Å². The minimum Gasteiger partial charge on any atom is -0.438 e. The molecule has 2 aromatic heterocycles. The third-order valence-corrected chi connectivity index (χ3v) is 3.68. The van der Waals surface area contributed by atoms with Gasteiger partial charge in [-0.25, -0.2) is 0 Å². The molecule has 1 aliphatic rings. The van der Waals surface area contributed by atoms with Gasteiger partial charge in [-0.2, -0.15) is 0 Å². The molecule has 28 heavy (non-hydrogen) atoms. The maximum Gasteiger partial charge on any atom is 0.573 e. The summed E-state index contributed by atoms with van der Waals surface area (Å²) >= 11 is 0. The van der Waals surface area contributed by atoms with Gasteiger partial charge in [-0.05, 0) is 23.8 Å². The van der Waals surface area contributed by atoms with Crippen LogP contribution in [0.1, 0.15) is 18.1 Å². The summed E-state index contributed by atoms with van der Waals surface area (Å²) in [5, 5.41) is 11.3. The number of oxime groups is 1. The Hall–Kier alpha value is -3.63. The summed E-state index contributed by atoms with van der Waals surface area (Å²) in [6.45, 7) is 0. The maximum atomic E-state index is 12.2. The van der Waals surface area contributed by atoms with Gasteiger partial charge in [0.2, 0.25) is 18.2 Å². The molecular formula is C17H11F3N4O4. The van der Waals surface area contributed by atoms with Crippen LogP contribution in [0.3, 0.4) is 0 Å². The van der Waals surface area contributed by atoms with Gasteiger partial charge in [-0.3, -0.25) is 4.98 Å².